The number of benzene rings is 1. The Morgan fingerprint density at radius 2 is 2.14 bits per heavy atom. The van der Waals surface area contributed by atoms with E-state index in [1.807, 2.05) is 0 Å². The summed E-state index contributed by atoms with van der Waals surface area (Å²) in [6.45, 7) is 0. The summed E-state index contributed by atoms with van der Waals surface area (Å²) < 4.78 is 15.0. The fourth-order valence-corrected chi connectivity index (χ4v) is 1.52. The molecule has 0 aliphatic carbocycles. The lowest BCUT2D eigenvalue weighted by atomic mass is 10.3. The lowest BCUT2D eigenvalue weighted by Crippen LogP contribution is -1.93. The Balaban J connectivity index is 2.44. The molecule has 0 amide bonds. The Bertz CT molecular complexity index is 439. The Labute approximate surface area is 89.5 Å². The summed E-state index contributed by atoms with van der Waals surface area (Å²) in [7, 11) is 0. The van der Waals surface area contributed by atoms with Gasteiger partial charge in [-0.1, -0.05) is 28.1 Å². The van der Waals surface area contributed by atoms with E-state index in [4.69, 9.17) is 0 Å². The van der Waals surface area contributed by atoms with E-state index in [2.05, 4.69) is 20.9 Å². The summed E-state index contributed by atoms with van der Waals surface area (Å²) >= 11 is 3.29. The van der Waals surface area contributed by atoms with Gasteiger partial charge in [-0.15, -0.1) is 0 Å². The first-order valence-corrected chi connectivity index (χ1v) is 5.27. The predicted molar refractivity (Wildman–Crippen MR) is 56.2 cm³/mol. The zero-order chi connectivity index (χ0) is 9.97. The second-order valence-electron chi connectivity index (χ2n) is 2.86. The Hall–Kier alpha value is -1.16. The van der Waals surface area contributed by atoms with Gasteiger partial charge < -0.3 is 4.57 Å². The molecule has 1 aromatic heterocycles. The fourth-order valence-electron chi connectivity index (χ4n) is 1.23. The predicted octanol–water partition coefficient (Wildman–Crippen LogP) is 2.91. The second-order valence-corrected chi connectivity index (χ2v) is 3.42. The molecule has 2 nitrogen and oxygen atoms in total. The van der Waals surface area contributed by atoms with Crippen molar-refractivity contribution in [3.05, 3.63) is 48.3 Å². The van der Waals surface area contributed by atoms with Gasteiger partial charge in [-0.25, -0.2) is 9.37 Å². The molecule has 2 rings (SSSR count). The van der Waals surface area contributed by atoms with Crippen LogP contribution in [0.3, 0.4) is 0 Å². The molecule has 0 atom stereocenters. The Kier molecular flexibility index (Phi) is 2.63. The molecule has 0 aliphatic rings. The molecular formula is C10H8BrFN2. The van der Waals surface area contributed by atoms with E-state index in [1.165, 1.54) is 6.07 Å². The van der Waals surface area contributed by atoms with Crippen molar-refractivity contribution in [1.29, 1.82) is 0 Å². The van der Waals surface area contributed by atoms with E-state index in [1.54, 1.807) is 35.3 Å². The van der Waals surface area contributed by atoms with Crippen molar-refractivity contribution >= 4 is 15.9 Å². The van der Waals surface area contributed by atoms with Crippen LogP contribution >= 0.6 is 15.9 Å². The summed E-state index contributed by atoms with van der Waals surface area (Å²) in [6.07, 6.45) is 3.40. The molecule has 1 aromatic carbocycles. The van der Waals surface area contributed by atoms with Gasteiger partial charge in [0.25, 0.3) is 0 Å². The molecular weight excluding hydrogens is 247 g/mol. The van der Waals surface area contributed by atoms with Gasteiger partial charge in [0.2, 0.25) is 0 Å². The van der Waals surface area contributed by atoms with Crippen LogP contribution in [0.5, 0.6) is 0 Å². The molecule has 0 spiro atoms. The minimum absolute atomic E-state index is 0.244. The van der Waals surface area contributed by atoms with Gasteiger partial charge in [0.1, 0.15) is 5.82 Å². The van der Waals surface area contributed by atoms with Gasteiger partial charge in [0.15, 0.2) is 0 Å². The van der Waals surface area contributed by atoms with E-state index in [0.717, 1.165) is 5.69 Å². The largest absolute Gasteiger partial charge is 0.303 e. The first-order valence-electron chi connectivity index (χ1n) is 4.15. The van der Waals surface area contributed by atoms with Crippen LogP contribution in [-0.2, 0) is 5.33 Å². The lowest BCUT2D eigenvalue weighted by Gasteiger charge is -2.01. The number of hydrogen-bond acceptors (Lipinski definition) is 1. The average molecular weight is 255 g/mol. The first-order chi connectivity index (χ1) is 6.81. The van der Waals surface area contributed by atoms with Crippen molar-refractivity contribution < 1.29 is 4.39 Å². The van der Waals surface area contributed by atoms with E-state index in [-0.39, 0.29) is 5.82 Å². The molecule has 0 bridgehead atoms. The molecule has 14 heavy (non-hydrogen) atoms. The van der Waals surface area contributed by atoms with Crippen LogP contribution in [-0.4, -0.2) is 9.55 Å². The van der Waals surface area contributed by atoms with Gasteiger partial charge in [0, 0.05) is 11.5 Å². The maximum Gasteiger partial charge on any atom is 0.147 e. The number of alkyl halides is 1. The third-order valence-electron chi connectivity index (χ3n) is 1.90. The molecule has 4 heteroatoms. The number of hydrogen-bond donors (Lipinski definition) is 0. The Morgan fingerprint density at radius 3 is 2.79 bits per heavy atom. The van der Waals surface area contributed by atoms with E-state index >= 15 is 0 Å². The third kappa shape index (κ3) is 1.70. The smallest absolute Gasteiger partial charge is 0.147 e. The molecule has 72 valence electrons. The molecule has 0 saturated heterocycles. The molecule has 0 N–H and O–H groups in total. The van der Waals surface area contributed by atoms with Crippen molar-refractivity contribution in [2.24, 2.45) is 0 Å². The standard InChI is InChI=1S/C10H8BrFN2/c11-5-8-6-14(7-13-8)10-4-2-1-3-9(10)12/h1-4,6-7H,5H2. The van der Waals surface area contributed by atoms with Gasteiger partial charge >= 0.3 is 0 Å². The number of halogens is 2. The monoisotopic (exact) mass is 254 g/mol. The number of para-hydroxylation sites is 1. The molecule has 0 fully saturated rings. The Morgan fingerprint density at radius 1 is 1.36 bits per heavy atom. The van der Waals surface area contributed by atoms with Crippen LogP contribution in [0.2, 0.25) is 0 Å². The molecule has 0 radical (unpaired) electrons. The summed E-state index contributed by atoms with van der Waals surface area (Å²) in [5.41, 5.74) is 1.40. The minimum atomic E-state index is -0.244. The summed E-state index contributed by atoms with van der Waals surface area (Å²) in [4.78, 5) is 4.10. The highest BCUT2D eigenvalue weighted by atomic mass is 79.9. The first kappa shape index (κ1) is 9.40. The van der Waals surface area contributed by atoms with Gasteiger partial charge in [-0.2, -0.15) is 0 Å². The van der Waals surface area contributed by atoms with Crippen molar-refractivity contribution in [3.8, 4) is 5.69 Å². The zero-order valence-corrected chi connectivity index (χ0v) is 8.91. The molecule has 2 aromatic rings. The normalized spacial score (nSPS) is 10.4. The van der Waals surface area contributed by atoms with E-state index in [9.17, 15) is 4.39 Å². The SMILES string of the molecule is Fc1ccccc1-n1cnc(CBr)c1. The quantitative estimate of drug-likeness (QED) is 0.754. The highest BCUT2D eigenvalue weighted by molar-refractivity contribution is 9.08. The molecule has 0 unspecified atom stereocenters. The topological polar surface area (TPSA) is 17.8 Å². The second kappa shape index (κ2) is 3.92. The van der Waals surface area contributed by atoms with Crippen LogP contribution in [0.1, 0.15) is 5.69 Å². The van der Waals surface area contributed by atoms with E-state index in [0.29, 0.717) is 11.0 Å². The van der Waals surface area contributed by atoms with Gasteiger partial charge in [-0.3, -0.25) is 0 Å². The van der Waals surface area contributed by atoms with Crippen molar-refractivity contribution in [2.45, 2.75) is 5.33 Å². The number of aromatic nitrogens is 2. The van der Waals surface area contributed by atoms with Gasteiger partial charge in [0.05, 0.1) is 17.7 Å². The maximum atomic E-state index is 13.3. The summed E-state index contributed by atoms with van der Waals surface area (Å²) in [6, 6.07) is 6.62. The molecule has 0 aliphatic heterocycles. The third-order valence-corrected chi connectivity index (χ3v) is 2.48. The molecule has 0 saturated carbocycles. The summed E-state index contributed by atoms with van der Waals surface area (Å²) in [5, 5.41) is 0.675. The lowest BCUT2D eigenvalue weighted by molar-refractivity contribution is 0.618. The van der Waals surface area contributed by atoms with Crippen molar-refractivity contribution in [2.75, 3.05) is 0 Å². The van der Waals surface area contributed by atoms with Crippen LogP contribution < -0.4 is 0 Å². The zero-order valence-electron chi connectivity index (χ0n) is 7.32. The average Bonchev–Trinajstić information content (AvgIpc) is 2.67. The number of nitrogens with zero attached hydrogens (tertiary/aromatic N) is 2. The van der Waals surface area contributed by atoms with Crippen LogP contribution in [0, 0.1) is 5.82 Å². The highest BCUT2D eigenvalue weighted by Gasteiger charge is 2.03. The minimum Gasteiger partial charge on any atom is -0.303 e. The van der Waals surface area contributed by atoms with Crippen molar-refractivity contribution in [1.82, 2.24) is 9.55 Å². The number of imidazole rings is 1. The van der Waals surface area contributed by atoms with Crippen LogP contribution in [0.25, 0.3) is 5.69 Å². The maximum absolute atomic E-state index is 13.3. The van der Waals surface area contributed by atoms with Gasteiger partial charge in [-0.05, 0) is 12.1 Å². The fraction of sp³-hybridized carbons (Fsp3) is 0.100. The van der Waals surface area contributed by atoms with Crippen LogP contribution in [0.15, 0.2) is 36.8 Å². The van der Waals surface area contributed by atoms with Crippen molar-refractivity contribution in [3.63, 3.8) is 0 Å². The molecule has 1 heterocycles. The highest BCUT2D eigenvalue weighted by Crippen LogP contribution is 2.13. The summed E-state index contributed by atoms with van der Waals surface area (Å²) in [5.74, 6) is -0.244. The number of rotatable bonds is 2. The van der Waals surface area contributed by atoms with Crippen LogP contribution in [0.4, 0.5) is 4.39 Å². The van der Waals surface area contributed by atoms with E-state index < -0.39 is 0 Å².